The Bertz CT molecular complexity index is 1220. The minimum absolute atomic E-state index is 0. The van der Waals surface area contributed by atoms with E-state index in [1.807, 2.05) is 25.2 Å². The summed E-state index contributed by atoms with van der Waals surface area (Å²) in [5, 5.41) is 19.6. The minimum atomic E-state index is 0. The number of nitrogens with zero attached hydrogens (tertiary/aromatic N) is 6. The van der Waals surface area contributed by atoms with Crippen molar-refractivity contribution in [3.8, 4) is 23.2 Å². The molecule has 2 aromatic carbocycles. The maximum absolute atomic E-state index is 8.90. The van der Waals surface area contributed by atoms with Gasteiger partial charge in [0.15, 0.2) is 11.6 Å². The monoisotopic (exact) mass is 404 g/mol. The molecule has 0 bridgehead atoms. The number of methoxy groups -OCH3 is 1. The summed E-state index contributed by atoms with van der Waals surface area (Å²) in [6.07, 6.45) is 3.16. The van der Waals surface area contributed by atoms with Crippen LogP contribution in [-0.2, 0) is 7.05 Å². The third-order valence-electron chi connectivity index (χ3n) is 4.19. The van der Waals surface area contributed by atoms with Crippen LogP contribution in [0.4, 0.5) is 23.1 Å². The molecule has 0 aliphatic carbocycles. The number of hydrogen-bond acceptors (Lipinski definition) is 8. The Kier molecular flexibility index (Phi) is 6.88. The van der Waals surface area contributed by atoms with Gasteiger partial charge in [0.2, 0.25) is 5.95 Å². The SMILES string of the molecule is COc1c(Nc2[c-]cnc(Nc3ccc(C#N)cc3)n2)cccc1-c1ncn(C)n1.[Li+]. The van der Waals surface area contributed by atoms with Gasteiger partial charge in [0.1, 0.15) is 6.33 Å². The van der Waals surface area contributed by atoms with E-state index in [9.17, 15) is 0 Å². The van der Waals surface area contributed by atoms with Crippen LogP contribution < -0.4 is 34.2 Å². The molecule has 0 aliphatic heterocycles. The van der Waals surface area contributed by atoms with Crippen molar-refractivity contribution in [2.45, 2.75) is 0 Å². The van der Waals surface area contributed by atoms with E-state index in [2.05, 4.69) is 42.8 Å². The number of benzene rings is 2. The summed E-state index contributed by atoms with van der Waals surface area (Å²) in [7, 11) is 3.40. The average molecular weight is 404 g/mol. The van der Waals surface area contributed by atoms with E-state index in [1.165, 1.54) is 6.20 Å². The molecule has 0 spiro atoms. The van der Waals surface area contributed by atoms with E-state index in [1.54, 1.807) is 42.4 Å². The molecule has 2 N–H and O–H groups in total. The van der Waals surface area contributed by atoms with Gasteiger partial charge < -0.3 is 21.4 Å². The van der Waals surface area contributed by atoms with Crippen molar-refractivity contribution in [2.24, 2.45) is 7.05 Å². The molecule has 0 fully saturated rings. The van der Waals surface area contributed by atoms with E-state index in [-0.39, 0.29) is 18.9 Å². The quantitative estimate of drug-likeness (QED) is 0.352. The number of hydrogen-bond donors (Lipinski definition) is 2. The molecule has 148 valence electrons. The van der Waals surface area contributed by atoms with Crippen molar-refractivity contribution in [3.05, 3.63) is 66.6 Å². The standard InChI is InChI=1S/C21H17N8O.Li/c1-29-13-24-20(28-29)16-4-3-5-17(19(16)30-2)26-18-10-11-23-21(27-18)25-15-8-6-14(12-22)7-9-15;/h3-9,11,13H,1-2H3,(H2,23,25,26,27);/q-1;+1. The zero-order valence-corrected chi connectivity index (χ0v) is 17.3. The van der Waals surface area contributed by atoms with Crippen molar-refractivity contribution < 1.29 is 23.6 Å². The second-order valence-electron chi connectivity index (χ2n) is 6.25. The molecule has 0 unspecified atom stereocenters. The van der Waals surface area contributed by atoms with Crippen LogP contribution in [0.5, 0.6) is 5.75 Å². The van der Waals surface area contributed by atoms with E-state index in [0.717, 1.165) is 11.3 Å². The topological polar surface area (TPSA) is 114 Å². The molecule has 4 rings (SSSR count). The summed E-state index contributed by atoms with van der Waals surface area (Å²) < 4.78 is 7.24. The number of aromatic nitrogens is 5. The second-order valence-corrected chi connectivity index (χ2v) is 6.25. The van der Waals surface area contributed by atoms with Crippen molar-refractivity contribution >= 4 is 23.1 Å². The fraction of sp³-hybridized carbons (Fsp3) is 0.0952. The molecule has 0 radical (unpaired) electrons. The Morgan fingerprint density at radius 3 is 2.58 bits per heavy atom. The van der Waals surface area contributed by atoms with Crippen molar-refractivity contribution in [1.29, 1.82) is 5.26 Å². The Morgan fingerprint density at radius 1 is 1.10 bits per heavy atom. The molecular formula is C21H17LiN8O. The van der Waals surface area contributed by atoms with Crippen molar-refractivity contribution in [2.75, 3.05) is 17.7 Å². The summed E-state index contributed by atoms with van der Waals surface area (Å²) in [5.41, 5.74) is 2.81. The fourth-order valence-corrected chi connectivity index (χ4v) is 2.82. The zero-order chi connectivity index (χ0) is 20.9. The molecular weight excluding hydrogens is 387 g/mol. The Hall–Kier alpha value is -3.85. The molecule has 31 heavy (non-hydrogen) atoms. The smallest absolute Gasteiger partial charge is 0.494 e. The molecule has 10 heteroatoms. The number of aryl methyl sites for hydroxylation is 1. The first-order valence-electron chi connectivity index (χ1n) is 8.98. The van der Waals surface area contributed by atoms with Gasteiger partial charge in [-0.3, -0.25) is 9.67 Å². The van der Waals surface area contributed by atoms with E-state index in [0.29, 0.717) is 34.6 Å². The van der Waals surface area contributed by atoms with E-state index < -0.39 is 0 Å². The molecule has 2 aromatic heterocycles. The zero-order valence-electron chi connectivity index (χ0n) is 17.3. The predicted octanol–water partition coefficient (Wildman–Crippen LogP) is 0.444. The van der Waals surface area contributed by atoms with Crippen molar-refractivity contribution in [1.82, 2.24) is 24.7 Å². The van der Waals surface area contributed by atoms with Gasteiger partial charge in [-0.25, -0.2) is 9.97 Å². The van der Waals surface area contributed by atoms with E-state index in [4.69, 9.17) is 10.00 Å². The average Bonchev–Trinajstić information content (AvgIpc) is 3.20. The van der Waals surface area contributed by atoms with Crippen LogP contribution >= 0.6 is 0 Å². The first-order valence-corrected chi connectivity index (χ1v) is 8.98. The number of nitrogens with one attached hydrogen (secondary N) is 2. The molecule has 4 aromatic rings. The fourth-order valence-electron chi connectivity index (χ4n) is 2.82. The number of ether oxygens (including phenoxy) is 1. The summed E-state index contributed by atoms with van der Waals surface area (Å²) in [6, 6.07) is 17.7. The maximum atomic E-state index is 8.90. The third kappa shape index (κ3) is 5.01. The van der Waals surface area contributed by atoms with Gasteiger partial charge in [0.05, 0.1) is 30.0 Å². The van der Waals surface area contributed by atoms with Gasteiger partial charge in [-0.2, -0.15) is 10.4 Å². The molecule has 0 atom stereocenters. The molecule has 0 saturated carbocycles. The van der Waals surface area contributed by atoms with Gasteiger partial charge >= 0.3 is 18.9 Å². The summed E-state index contributed by atoms with van der Waals surface area (Å²) in [4.78, 5) is 12.9. The summed E-state index contributed by atoms with van der Waals surface area (Å²) in [5.74, 6) is 2.01. The van der Waals surface area contributed by atoms with Crippen LogP contribution in [0, 0.1) is 17.4 Å². The summed E-state index contributed by atoms with van der Waals surface area (Å²) >= 11 is 0. The van der Waals surface area contributed by atoms with Crippen LogP contribution in [0.25, 0.3) is 11.4 Å². The van der Waals surface area contributed by atoms with Crippen LogP contribution in [0.1, 0.15) is 5.56 Å². The van der Waals surface area contributed by atoms with Gasteiger partial charge in [-0.15, -0.1) is 6.20 Å². The van der Waals surface area contributed by atoms with Gasteiger partial charge in [-0.05, 0) is 42.2 Å². The van der Waals surface area contributed by atoms with Crippen molar-refractivity contribution in [3.63, 3.8) is 0 Å². The summed E-state index contributed by atoms with van der Waals surface area (Å²) in [6.45, 7) is 0. The Balaban J connectivity index is 0.00000272. The molecule has 2 heterocycles. The van der Waals surface area contributed by atoms with Crippen LogP contribution in [0.2, 0.25) is 0 Å². The maximum Gasteiger partial charge on any atom is 1.00 e. The number of nitriles is 1. The second kappa shape index (κ2) is 9.77. The predicted molar refractivity (Wildman–Crippen MR) is 112 cm³/mol. The minimum Gasteiger partial charge on any atom is -0.494 e. The van der Waals surface area contributed by atoms with Gasteiger partial charge in [-0.1, -0.05) is 6.07 Å². The first-order chi connectivity index (χ1) is 14.7. The Labute approximate surface area is 191 Å². The molecule has 0 aliphatic rings. The molecule has 0 saturated heterocycles. The van der Waals surface area contributed by atoms with Crippen LogP contribution in [0.3, 0.4) is 0 Å². The number of anilines is 4. The largest absolute Gasteiger partial charge is 1.00 e. The number of rotatable bonds is 6. The normalized spacial score (nSPS) is 9.97. The van der Waals surface area contributed by atoms with Gasteiger partial charge in [0.25, 0.3) is 0 Å². The van der Waals surface area contributed by atoms with Crippen LogP contribution in [-0.4, -0.2) is 31.8 Å². The van der Waals surface area contributed by atoms with E-state index >= 15 is 0 Å². The van der Waals surface area contributed by atoms with Gasteiger partial charge in [0, 0.05) is 12.7 Å². The first kappa shape index (κ1) is 21.8. The Morgan fingerprint density at radius 2 is 1.90 bits per heavy atom. The number of para-hydroxylation sites is 1. The third-order valence-corrected chi connectivity index (χ3v) is 4.19. The van der Waals surface area contributed by atoms with Crippen LogP contribution in [0.15, 0.2) is 55.0 Å². The molecule has 9 nitrogen and oxygen atoms in total. The molecule has 0 amide bonds.